The number of rotatable bonds is 2. The molecule has 0 atom stereocenters. The summed E-state index contributed by atoms with van der Waals surface area (Å²) in [7, 11) is 1.56. The van der Waals surface area contributed by atoms with Gasteiger partial charge in [-0.15, -0.1) is 0 Å². The number of piperidine rings is 3. The topological polar surface area (TPSA) is 37.4 Å². The lowest BCUT2D eigenvalue weighted by Gasteiger charge is -2.41. The standard InChI is InChI=1S/C14H15ClFNO2S/c15-20(18,19)14-2-1-13(16)8-11(14)7-12-9-17-5-3-10(12)4-6-17/h1-2,7-8,10H,3-6,9H2/b12-7+. The van der Waals surface area contributed by atoms with Crippen LogP contribution in [0.5, 0.6) is 0 Å². The largest absolute Gasteiger partial charge is 0.299 e. The van der Waals surface area contributed by atoms with Gasteiger partial charge in [-0.25, -0.2) is 12.8 Å². The monoisotopic (exact) mass is 315 g/mol. The van der Waals surface area contributed by atoms with Crippen LogP contribution in [0.4, 0.5) is 4.39 Å². The number of hydrogen-bond acceptors (Lipinski definition) is 3. The van der Waals surface area contributed by atoms with Crippen molar-refractivity contribution in [2.75, 3.05) is 19.6 Å². The van der Waals surface area contributed by atoms with E-state index in [-0.39, 0.29) is 4.90 Å². The zero-order chi connectivity index (χ0) is 14.3. The van der Waals surface area contributed by atoms with E-state index in [2.05, 4.69) is 4.90 Å². The lowest BCUT2D eigenvalue weighted by atomic mass is 9.83. The molecule has 3 aliphatic heterocycles. The average molecular weight is 316 g/mol. The van der Waals surface area contributed by atoms with Gasteiger partial charge in [0.1, 0.15) is 5.82 Å². The Balaban J connectivity index is 2.04. The van der Waals surface area contributed by atoms with Crippen molar-refractivity contribution in [2.24, 2.45) is 5.92 Å². The van der Waals surface area contributed by atoms with E-state index in [4.69, 9.17) is 10.7 Å². The van der Waals surface area contributed by atoms with Crippen LogP contribution in [0.15, 0.2) is 28.7 Å². The van der Waals surface area contributed by atoms with E-state index < -0.39 is 14.9 Å². The van der Waals surface area contributed by atoms with E-state index in [9.17, 15) is 12.8 Å². The third kappa shape index (κ3) is 2.75. The second-order valence-electron chi connectivity index (χ2n) is 5.39. The lowest BCUT2D eigenvalue weighted by molar-refractivity contribution is 0.163. The molecule has 0 aliphatic carbocycles. The molecule has 1 aromatic carbocycles. The fourth-order valence-electron chi connectivity index (χ4n) is 3.07. The predicted octanol–water partition coefficient (Wildman–Crippen LogP) is 2.86. The number of nitrogens with zero attached hydrogens (tertiary/aromatic N) is 1. The Kier molecular flexibility index (Phi) is 3.60. The molecule has 0 N–H and O–H groups in total. The van der Waals surface area contributed by atoms with Crippen LogP contribution < -0.4 is 0 Å². The van der Waals surface area contributed by atoms with Crippen molar-refractivity contribution in [1.29, 1.82) is 0 Å². The summed E-state index contributed by atoms with van der Waals surface area (Å²) in [5.41, 5.74) is 1.53. The summed E-state index contributed by atoms with van der Waals surface area (Å²) in [4.78, 5) is 2.31. The van der Waals surface area contributed by atoms with Gasteiger partial charge in [0.2, 0.25) is 0 Å². The first-order valence-electron chi connectivity index (χ1n) is 6.60. The van der Waals surface area contributed by atoms with Crippen molar-refractivity contribution < 1.29 is 12.8 Å². The number of halogens is 2. The highest BCUT2D eigenvalue weighted by Gasteiger charge is 2.29. The van der Waals surface area contributed by atoms with Crippen LogP contribution in [-0.4, -0.2) is 33.0 Å². The van der Waals surface area contributed by atoms with Crippen molar-refractivity contribution in [3.63, 3.8) is 0 Å². The summed E-state index contributed by atoms with van der Waals surface area (Å²) < 4.78 is 36.5. The molecule has 4 rings (SSSR count). The van der Waals surface area contributed by atoms with Gasteiger partial charge < -0.3 is 0 Å². The predicted molar refractivity (Wildman–Crippen MR) is 76.6 cm³/mol. The molecule has 0 spiro atoms. The van der Waals surface area contributed by atoms with Gasteiger partial charge in [0.25, 0.3) is 9.05 Å². The van der Waals surface area contributed by atoms with E-state index in [0.717, 1.165) is 38.5 Å². The maximum Gasteiger partial charge on any atom is 0.261 e. The van der Waals surface area contributed by atoms with Gasteiger partial charge in [0.15, 0.2) is 0 Å². The molecular weight excluding hydrogens is 301 g/mol. The molecule has 0 saturated carbocycles. The zero-order valence-corrected chi connectivity index (χ0v) is 12.4. The molecule has 6 heteroatoms. The number of fused-ring (bicyclic) bond motifs is 3. The quantitative estimate of drug-likeness (QED) is 0.788. The third-order valence-corrected chi connectivity index (χ3v) is 5.49. The smallest absolute Gasteiger partial charge is 0.261 e. The minimum atomic E-state index is -3.87. The third-order valence-electron chi connectivity index (χ3n) is 4.09. The summed E-state index contributed by atoms with van der Waals surface area (Å²) in [5, 5.41) is 0. The number of benzene rings is 1. The normalized spacial score (nSPS) is 28.0. The van der Waals surface area contributed by atoms with E-state index in [1.54, 1.807) is 6.08 Å². The Hall–Kier alpha value is -0.910. The van der Waals surface area contributed by atoms with Gasteiger partial charge in [0.05, 0.1) is 4.90 Å². The molecule has 1 aromatic rings. The van der Waals surface area contributed by atoms with Crippen LogP contribution in [0.2, 0.25) is 0 Å². The first-order valence-corrected chi connectivity index (χ1v) is 8.91. The van der Waals surface area contributed by atoms with Crippen molar-refractivity contribution in [1.82, 2.24) is 4.90 Å². The van der Waals surface area contributed by atoms with Gasteiger partial charge in [-0.05, 0) is 55.6 Å². The molecule has 108 valence electrons. The molecule has 3 saturated heterocycles. The highest BCUT2D eigenvalue weighted by Crippen LogP contribution is 2.34. The van der Waals surface area contributed by atoms with Crippen molar-refractivity contribution >= 4 is 25.8 Å². The minimum Gasteiger partial charge on any atom is -0.299 e. The SMILES string of the molecule is O=S(=O)(Cl)c1ccc(F)cc1/C=C1\CN2CCC1CC2. The first kappa shape index (κ1) is 14.0. The van der Waals surface area contributed by atoms with E-state index in [1.807, 2.05) is 0 Å². The molecule has 3 fully saturated rings. The van der Waals surface area contributed by atoms with Crippen LogP contribution in [0.1, 0.15) is 18.4 Å². The fraction of sp³-hybridized carbons (Fsp3) is 0.429. The van der Waals surface area contributed by atoms with E-state index in [1.165, 1.54) is 17.7 Å². The van der Waals surface area contributed by atoms with Crippen LogP contribution in [0.3, 0.4) is 0 Å². The summed E-state index contributed by atoms with van der Waals surface area (Å²) in [6.45, 7) is 3.01. The summed E-state index contributed by atoms with van der Waals surface area (Å²) >= 11 is 0. The van der Waals surface area contributed by atoms with Gasteiger partial charge in [-0.3, -0.25) is 4.90 Å². The van der Waals surface area contributed by atoms with Gasteiger partial charge >= 0.3 is 0 Å². The Morgan fingerprint density at radius 3 is 2.55 bits per heavy atom. The molecule has 3 aliphatic rings. The number of hydrogen-bond donors (Lipinski definition) is 0. The van der Waals surface area contributed by atoms with Crippen LogP contribution >= 0.6 is 10.7 Å². The molecule has 0 aromatic heterocycles. The Labute approximate surface area is 122 Å². The summed E-state index contributed by atoms with van der Waals surface area (Å²) in [5.74, 6) is 0.0244. The van der Waals surface area contributed by atoms with Gasteiger partial charge in [0, 0.05) is 17.2 Å². The van der Waals surface area contributed by atoms with E-state index >= 15 is 0 Å². The highest BCUT2D eigenvalue weighted by molar-refractivity contribution is 8.13. The van der Waals surface area contributed by atoms with Crippen molar-refractivity contribution in [3.8, 4) is 0 Å². The molecular formula is C14H15ClFNO2S. The Morgan fingerprint density at radius 2 is 2.00 bits per heavy atom. The zero-order valence-electron chi connectivity index (χ0n) is 10.9. The summed E-state index contributed by atoms with van der Waals surface area (Å²) in [6, 6.07) is 3.58. The van der Waals surface area contributed by atoms with Crippen molar-refractivity contribution in [2.45, 2.75) is 17.7 Å². The molecule has 3 heterocycles. The van der Waals surface area contributed by atoms with Crippen LogP contribution in [0.25, 0.3) is 6.08 Å². The second kappa shape index (κ2) is 5.13. The fourth-order valence-corrected chi connectivity index (χ4v) is 4.12. The minimum absolute atomic E-state index is 0.0236. The molecule has 0 amide bonds. The molecule has 3 nitrogen and oxygen atoms in total. The van der Waals surface area contributed by atoms with Crippen LogP contribution in [-0.2, 0) is 9.05 Å². The highest BCUT2D eigenvalue weighted by atomic mass is 35.7. The molecule has 20 heavy (non-hydrogen) atoms. The van der Waals surface area contributed by atoms with E-state index in [0.29, 0.717) is 11.5 Å². The maximum atomic E-state index is 13.4. The van der Waals surface area contributed by atoms with Gasteiger partial charge in [-0.2, -0.15) is 0 Å². The second-order valence-corrected chi connectivity index (χ2v) is 7.92. The molecule has 2 bridgehead atoms. The Morgan fingerprint density at radius 1 is 1.30 bits per heavy atom. The first-order chi connectivity index (χ1) is 9.43. The Bertz CT molecular complexity index is 664. The van der Waals surface area contributed by atoms with Crippen molar-refractivity contribution in [3.05, 3.63) is 35.2 Å². The average Bonchev–Trinajstić information content (AvgIpc) is 2.38. The lowest BCUT2D eigenvalue weighted by Crippen LogP contribution is -2.42. The van der Waals surface area contributed by atoms with Gasteiger partial charge in [-0.1, -0.05) is 11.6 Å². The summed E-state index contributed by atoms with van der Waals surface area (Å²) in [6.07, 6.45) is 3.97. The molecule has 0 unspecified atom stereocenters. The molecule has 0 radical (unpaired) electrons. The van der Waals surface area contributed by atoms with Crippen LogP contribution in [0, 0.1) is 11.7 Å². The maximum absolute atomic E-state index is 13.4.